The van der Waals surface area contributed by atoms with E-state index in [-0.39, 0.29) is 6.54 Å². The number of imidazole rings is 1. The molecular weight excluding hydrogens is 368 g/mol. The lowest BCUT2D eigenvalue weighted by Crippen LogP contribution is -2.09. The Kier molecular flexibility index (Phi) is 3.73. The van der Waals surface area contributed by atoms with Crippen LogP contribution in [0.1, 0.15) is 5.69 Å². The van der Waals surface area contributed by atoms with Crippen LogP contribution in [0.15, 0.2) is 29.0 Å². The van der Waals surface area contributed by atoms with Crippen molar-refractivity contribution in [2.75, 3.05) is 5.32 Å². The first-order valence-electron chi connectivity index (χ1n) is 6.02. The standard InChI is InChI=1S/C13H7BrF4N4/c14-6-1-2-8-20-7(5-22(8)4-6)3-19-11-9(15)12(17)21-13(18)10(11)16/h1-2,4-5H,3H2,(H,19,21). The molecule has 0 saturated carbocycles. The number of halogens is 5. The Morgan fingerprint density at radius 2 is 1.68 bits per heavy atom. The molecule has 3 rings (SSSR count). The summed E-state index contributed by atoms with van der Waals surface area (Å²) < 4.78 is 55.5. The number of hydrogen-bond acceptors (Lipinski definition) is 3. The number of pyridine rings is 2. The van der Waals surface area contributed by atoms with Gasteiger partial charge in [0.1, 0.15) is 11.3 Å². The van der Waals surface area contributed by atoms with Crippen molar-refractivity contribution in [2.24, 2.45) is 0 Å². The molecule has 0 amide bonds. The predicted molar refractivity (Wildman–Crippen MR) is 74.3 cm³/mol. The van der Waals surface area contributed by atoms with Crippen LogP contribution in [-0.2, 0) is 6.54 Å². The number of fused-ring (bicyclic) bond motifs is 1. The van der Waals surface area contributed by atoms with Crippen LogP contribution in [-0.4, -0.2) is 14.4 Å². The van der Waals surface area contributed by atoms with Crippen LogP contribution < -0.4 is 5.32 Å². The molecule has 0 saturated heterocycles. The first-order valence-corrected chi connectivity index (χ1v) is 6.82. The van der Waals surface area contributed by atoms with Crippen molar-refractivity contribution in [3.63, 3.8) is 0 Å². The minimum absolute atomic E-state index is 0.115. The first kappa shape index (κ1) is 14.8. The van der Waals surface area contributed by atoms with Crippen molar-refractivity contribution in [3.05, 3.63) is 58.2 Å². The fraction of sp³-hybridized carbons (Fsp3) is 0.0769. The van der Waals surface area contributed by atoms with Gasteiger partial charge >= 0.3 is 0 Å². The zero-order chi connectivity index (χ0) is 15.9. The number of anilines is 1. The minimum atomic E-state index is -1.71. The summed E-state index contributed by atoms with van der Waals surface area (Å²) in [4.78, 5) is 6.69. The summed E-state index contributed by atoms with van der Waals surface area (Å²) in [6.45, 7) is -0.115. The minimum Gasteiger partial charge on any atom is -0.374 e. The molecule has 3 aromatic rings. The van der Waals surface area contributed by atoms with Gasteiger partial charge < -0.3 is 9.72 Å². The Bertz CT molecular complexity index is 839. The fourth-order valence-corrected chi connectivity index (χ4v) is 2.28. The van der Waals surface area contributed by atoms with E-state index in [2.05, 4.69) is 31.2 Å². The van der Waals surface area contributed by atoms with Gasteiger partial charge in [-0.25, -0.2) is 4.98 Å². The van der Waals surface area contributed by atoms with Crippen molar-refractivity contribution in [3.8, 4) is 0 Å². The van der Waals surface area contributed by atoms with Gasteiger partial charge in [-0.3, -0.25) is 0 Å². The maximum Gasteiger partial charge on any atom is 0.253 e. The fourth-order valence-electron chi connectivity index (χ4n) is 1.92. The normalized spacial score (nSPS) is 11.1. The van der Waals surface area contributed by atoms with E-state index in [0.29, 0.717) is 11.3 Å². The lowest BCUT2D eigenvalue weighted by atomic mass is 10.3. The Morgan fingerprint density at radius 3 is 2.36 bits per heavy atom. The number of hydrogen-bond donors (Lipinski definition) is 1. The third-order valence-corrected chi connectivity index (χ3v) is 3.38. The summed E-state index contributed by atoms with van der Waals surface area (Å²) in [5.74, 6) is -6.57. The van der Waals surface area contributed by atoms with E-state index in [4.69, 9.17) is 0 Å². The maximum absolute atomic E-state index is 13.5. The van der Waals surface area contributed by atoms with Crippen LogP contribution in [0, 0.1) is 23.5 Å². The zero-order valence-electron chi connectivity index (χ0n) is 10.7. The largest absolute Gasteiger partial charge is 0.374 e. The van der Waals surface area contributed by atoms with Crippen LogP contribution in [0.3, 0.4) is 0 Å². The van der Waals surface area contributed by atoms with E-state index < -0.39 is 29.2 Å². The molecule has 0 aliphatic rings. The third-order valence-electron chi connectivity index (χ3n) is 2.91. The van der Waals surface area contributed by atoms with Crippen molar-refractivity contribution in [1.82, 2.24) is 14.4 Å². The van der Waals surface area contributed by atoms with Crippen LogP contribution in [0.25, 0.3) is 5.65 Å². The highest BCUT2D eigenvalue weighted by Crippen LogP contribution is 2.22. The molecule has 0 fully saturated rings. The Balaban J connectivity index is 1.88. The predicted octanol–water partition coefficient (Wildman–Crippen LogP) is 3.66. The van der Waals surface area contributed by atoms with E-state index in [1.54, 1.807) is 28.9 Å². The van der Waals surface area contributed by atoms with Gasteiger partial charge in [-0.2, -0.15) is 22.5 Å². The van der Waals surface area contributed by atoms with Crippen LogP contribution in [0.4, 0.5) is 23.2 Å². The smallest absolute Gasteiger partial charge is 0.253 e. The van der Waals surface area contributed by atoms with Gasteiger partial charge in [-0.1, -0.05) is 0 Å². The molecule has 0 aliphatic heterocycles. The molecule has 0 atom stereocenters. The lowest BCUT2D eigenvalue weighted by molar-refractivity contribution is 0.410. The van der Waals surface area contributed by atoms with E-state index in [1.807, 2.05) is 0 Å². The second kappa shape index (κ2) is 5.56. The van der Waals surface area contributed by atoms with Crippen LogP contribution >= 0.6 is 15.9 Å². The van der Waals surface area contributed by atoms with Crippen LogP contribution in [0.2, 0.25) is 0 Å². The molecule has 0 spiro atoms. The Labute approximate surface area is 129 Å². The van der Waals surface area contributed by atoms with E-state index in [9.17, 15) is 17.6 Å². The van der Waals surface area contributed by atoms with Gasteiger partial charge in [0, 0.05) is 16.9 Å². The molecule has 3 heterocycles. The molecular formula is C13H7BrF4N4. The highest BCUT2D eigenvalue weighted by atomic mass is 79.9. The SMILES string of the molecule is Fc1nc(F)c(F)c(NCc2cn3cc(Br)ccc3n2)c1F. The van der Waals surface area contributed by atoms with E-state index >= 15 is 0 Å². The molecule has 0 aliphatic carbocycles. The second-order valence-electron chi connectivity index (χ2n) is 4.39. The van der Waals surface area contributed by atoms with Crippen LogP contribution in [0.5, 0.6) is 0 Å². The highest BCUT2D eigenvalue weighted by Gasteiger charge is 2.20. The van der Waals surface area contributed by atoms with Crippen molar-refractivity contribution in [2.45, 2.75) is 6.54 Å². The molecule has 114 valence electrons. The van der Waals surface area contributed by atoms with Gasteiger partial charge in [0.05, 0.1) is 12.2 Å². The van der Waals surface area contributed by atoms with E-state index in [1.165, 1.54) is 0 Å². The van der Waals surface area contributed by atoms with Crippen molar-refractivity contribution in [1.29, 1.82) is 0 Å². The zero-order valence-corrected chi connectivity index (χ0v) is 12.3. The highest BCUT2D eigenvalue weighted by molar-refractivity contribution is 9.10. The summed E-state index contributed by atoms with van der Waals surface area (Å²) in [5, 5.41) is 2.30. The quantitative estimate of drug-likeness (QED) is 0.561. The molecule has 0 bridgehead atoms. The topological polar surface area (TPSA) is 42.2 Å². The average Bonchev–Trinajstić information content (AvgIpc) is 2.87. The van der Waals surface area contributed by atoms with Gasteiger partial charge in [-0.05, 0) is 28.1 Å². The molecule has 0 aromatic carbocycles. The number of rotatable bonds is 3. The van der Waals surface area contributed by atoms with Crippen molar-refractivity contribution < 1.29 is 17.6 Å². The lowest BCUT2D eigenvalue weighted by Gasteiger charge is -2.07. The van der Waals surface area contributed by atoms with Gasteiger partial charge in [0.25, 0.3) is 11.9 Å². The maximum atomic E-state index is 13.5. The molecule has 0 unspecified atom stereocenters. The molecule has 9 heteroatoms. The Hall–Kier alpha value is -2.16. The summed E-state index contributed by atoms with van der Waals surface area (Å²) in [7, 11) is 0. The average molecular weight is 375 g/mol. The summed E-state index contributed by atoms with van der Waals surface area (Å²) >= 11 is 3.30. The molecule has 0 radical (unpaired) electrons. The second-order valence-corrected chi connectivity index (χ2v) is 5.31. The van der Waals surface area contributed by atoms with Gasteiger partial charge in [0.2, 0.25) is 11.6 Å². The van der Waals surface area contributed by atoms with E-state index in [0.717, 1.165) is 4.47 Å². The molecule has 22 heavy (non-hydrogen) atoms. The third kappa shape index (κ3) is 2.63. The van der Waals surface area contributed by atoms with Crippen molar-refractivity contribution >= 4 is 27.3 Å². The molecule has 1 N–H and O–H groups in total. The number of aromatic nitrogens is 3. The van der Waals surface area contributed by atoms with Gasteiger partial charge in [-0.15, -0.1) is 0 Å². The Morgan fingerprint density at radius 1 is 1.00 bits per heavy atom. The first-order chi connectivity index (χ1) is 10.5. The number of nitrogens with zero attached hydrogens (tertiary/aromatic N) is 3. The summed E-state index contributed by atoms with van der Waals surface area (Å²) in [6.07, 6.45) is 3.37. The monoisotopic (exact) mass is 374 g/mol. The molecule has 3 aromatic heterocycles. The summed E-state index contributed by atoms with van der Waals surface area (Å²) in [5.41, 5.74) is 0.144. The number of nitrogens with one attached hydrogen (secondary N) is 1. The summed E-state index contributed by atoms with van der Waals surface area (Å²) in [6, 6.07) is 3.52. The van der Waals surface area contributed by atoms with Gasteiger partial charge in [0.15, 0.2) is 0 Å². The molecule has 4 nitrogen and oxygen atoms in total.